The summed E-state index contributed by atoms with van der Waals surface area (Å²) >= 11 is 0. The number of H-pyrrole nitrogens is 1. The number of ether oxygens (including phenoxy) is 2. The van der Waals surface area contributed by atoms with Crippen molar-refractivity contribution in [2.75, 3.05) is 19.8 Å². The van der Waals surface area contributed by atoms with Crippen LogP contribution in [0.15, 0.2) is 60.7 Å². The standard InChI is InChI=1S/C33H41N3O6/c1-23(2)20-26(22-37)35-32(39)21-34-33(40)30-16-15-29(36-30)31(38)17-10-25-8-13-28(14-9-25)42-19-5-4-18-41-27-11-6-24(3)7-12-27/h6-9,11-16,22-23,26,36H,4-5,10,17-21H2,1-3H3,(H,34,40)(H,35,39). The number of amides is 2. The van der Waals surface area contributed by atoms with Crippen molar-refractivity contribution in [2.45, 2.75) is 58.9 Å². The van der Waals surface area contributed by atoms with Gasteiger partial charge >= 0.3 is 0 Å². The lowest BCUT2D eigenvalue weighted by Crippen LogP contribution is -2.43. The number of rotatable bonds is 18. The van der Waals surface area contributed by atoms with E-state index in [1.807, 2.05) is 69.3 Å². The number of hydrogen-bond acceptors (Lipinski definition) is 6. The average molecular weight is 576 g/mol. The zero-order valence-corrected chi connectivity index (χ0v) is 24.6. The van der Waals surface area contributed by atoms with Gasteiger partial charge in [-0.2, -0.15) is 0 Å². The number of aromatic amines is 1. The van der Waals surface area contributed by atoms with Crippen LogP contribution in [-0.4, -0.2) is 54.7 Å². The third-order valence-corrected chi connectivity index (χ3v) is 6.54. The first kappa shape index (κ1) is 32.1. The summed E-state index contributed by atoms with van der Waals surface area (Å²) in [5.41, 5.74) is 2.72. The molecular formula is C33H41N3O6. The monoisotopic (exact) mass is 575 g/mol. The normalized spacial score (nSPS) is 11.5. The van der Waals surface area contributed by atoms with Gasteiger partial charge in [-0.3, -0.25) is 14.4 Å². The highest BCUT2D eigenvalue weighted by Crippen LogP contribution is 2.16. The number of carbonyl (C=O) groups is 4. The molecule has 1 unspecified atom stereocenters. The first-order valence-corrected chi connectivity index (χ1v) is 14.4. The van der Waals surface area contributed by atoms with Gasteiger partial charge in [-0.05, 0) is 80.5 Å². The highest BCUT2D eigenvalue weighted by molar-refractivity contribution is 5.99. The van der Waals surface area contributed by atoms with E-state index in [9.17, 15) is 19.2 Å². The van der Waals surface area contributed by atoms with Gasteiger partial charge in [0.25, 0.3) is 5.91 Å². The Hall–Kier alpha value is -4.40. The van der Waals surface area contributed by atoms with E-state index in [2.05, 4.69) is 15.6 Å². The number of carbonyl (C=O) groups excluding carboxylic acids is 4. The molecule has 0 aliphatic rings. The maximum Gasteiger partial charge on any atom is 0.268 e. The van der Waals surface area contributed by atoms with Gasteiger partial charge in [-0.1, -0.05) is 43.7 Å². The van der Waals surface area contributed by atoms with Gasteiger partial charge in [0, 0.05) is 6.42 Å². The molecule has 0 bridgehead atoms. The van der Waals surface area contributed by atoms with E-state index in [1.165, 1.54) is 11.6 Å². The van der Waals surface area contributed by atoms with Crippen molar-refractivity contribution < 1.29 is 28.7 Å². The van der Waals surface area contributed by atoms with E-state index in [0.717, 1.165) is 29.9 Å². The van der Waals surface area contributed by atoms with Crippen molar-refractivity contribution in [1.82, 2.24) is 15.6 Å². The Kier molecular flexibility index (Phi) is 12.8. The van der Waals surface area contributed by atoms with Gasteiger partial charge < -0.3 is 29.9 Å². The largest absolute Gasteiger partial charge is 0.494 e. The fourth-order valence-electron chi connectivity index (χ4n) is 4.22. The van der Waals surface area contributed by atoms with E-state index in [-0.39, 0.29) is 30.4 Å². The highest BCUT2D eigenvalue weighted by atomic mass is 16.5. The molecule has 0 aliphatic carbocycles. The summed E-state index contributed by atoms with van der Waals surface area (Å²) in [5, 5.41) is 5.09. The van der Waals surface area contributed by atoms with Crippen molar-refractivity contribution in [3.8, 4) is 11.5 Å². The molecule has 2 aromatic carbocycles. The lowest BCUT2D eigenvalue weighted by atomic mass is 10.1. The van der Waals surface area contributed by atoms with E-state index in [4.69, 9.17) is 9.47 Å². The Morgan fingerprint density at radius 1 is 0.857 bits per heavy atom. The second kappa shape index (κ2) is 16.8. The number of aryl methyl sites for hydroxylation is 2. The molecule has 1 aromatic heterocycles. The molecule has 0 saturated carbocycles. The molecule has 0 fully saturated rings. The number of Topliss-reactive ketones (excluding diaryl/α,β-unsaturated/α-hetero) is 1. The number of nitrogens with one attached hydrogen (secondary N) is 3. The summed E-state index contributed by atoms with van der Waals surface area (Å²) in [6.07, 6.45) is 3.81. The molecule has 9 heteroatoms. The smallest absolute Gasteiger partial charge is 0.268 e. The van der Waals surface area contributed by atoms with Crippen molar-refractivity contribution in [3.63, 3.8) is 0 Å². The molecule has 3 rings (SSSR count). The Morgan fingerprint density at radius 2 is 1.45 bits per heavy atom. The fraction of sp³-hybridized carbons (Fsp3) is 0.394. The number of hydrogen-bond donors (Lipinski definition) is 3. The summed E-state index contributed by atoms with van der Waals surface area (Å²) in [4.78, 5) is 51.1. The van der Waals surface area contributed by atoms with Crippen LogP contribution in [0.2, 0.25) is 0 Å². The third-order valence-electron chi connectivity index (χ3n) is 6.54. The number of aromatic nitrogens is 1. The van der Waals surface area contributed by atoms with Crippen LogP contribution in [0.5, 0.6) is 11.5 Å². The Labute approximate surface area is 247 Å². The summed E-state index contributed by atoms with van der Waals surface area (Å²) in [5.74, 6) is 0.813. The lowest BCUT2D eigenvalue weighted by Gasteiger charge is -2.14. The Morgan fingerprint density at radius 3 is 2.05 bits per heavy atom. The van der Waals surface area contributed by atoms with E-state index in [0.29, 0.717) is 38.0 Å². The van der Waals surface area contributed by atoms with Crippen molar-refractivity contribution in [1.29, 1.82) is 0 Å². The first-order valence-electron chi connectivity index (χ1n) is 14.4. The molecule has 3 aromatic rings. The molecule has 1 atom stereocenters. The summed E-state index contributed by atoms with van der Waals surface area (Å²) in [6.45, 7) is 6.92. The fourth-order valence-corrected chi connectivity index (χ4v) is 4.22. The molecule has 42 heavy (non-hydrogen) atoms. The minimum absolute atomic E-state index is 0.123. The van der Waals surface area contributed by atoms with Gasteiger partial charge in [0.15, 0.2) is 5.78 Å². The Balaban J connectivity index is 1.33. The van der Waals surface area contributed by atoms with Gasteiger partial charge in [0.1, 0.15) is 23.5 Å². The minimum atomic E-state index is -0.590. The van der Waals surface area contributed by atoms with Crippen LogP contribution >= 0.6 is 0 Å². The molecular weight excluding hydrogens is 534 g/mol. The van der Waals surface area contributed by atoms with E-state index >= 15 is 0 Å². The predicted molar refractivity (Wildman–Crippen MR) is 161 cm³/mol. The summed E-state index contributed by atoms with van der Waals surface area (Å²) in [6, 6.07) is 18.2. The van der Waals surface area contributed by atoms with Crippen molar-refractivity contribution >= 4 is 23.9 Å². The minimum Gasteiger partial charge on any atom is -0.494 e. The highest BCUT2D eigenvalue weighted by Gasteiger charge is 2.16. The van der Waals surface area contributed by atoms with Gasteiger partial charge in [-0.15, -0.1) is 0 Å². The summed E-state index contributed by atoms with van der Waals surface area (Å²) < 4.78 is 11.6. The number of benzene rings is 2. The number of aldehydes is 1. The molecule has 3 N–H and O–H groups in total. The molecule has 224 valence electrons. The number of unbranched alkanes of at least 4 members (excludes halogenated alkanes) is 1. The number of ketones is 1. The molecule has 0 aliphatic heterocycles. The van der Waals surface area contributed by atoms with Crippen LogP contribution in [0.3, 0.4) is 0 Å². The van der Waals surface area contributed by atoms with Gasteiger partial charge in [0.05, 0.1) is 31.5 Å². The average Bonchev–Trinajstić information content (AvgIpc) is 3.48. The predicted octanol–water partition coefficient (Wildman–Crippen LogP) is 4.84. The molecule has 2 amide bonds. The van der Waals surface area contributed by atoms with Crippen LogP contribution < -0.4 is 20.1 Å². The Bertz CT molecular complexity index is 1300. The first-order chi connectivity index (χ1) is 20.2. The third kappa shape index (κ3) is 11.2. The molecule has 1 heterocycles. The van der Waals surface area contributed by atoms with E-state index < -0.39 is 17.9 Å². The zero-order chi connectivity index (χ0) is 30.3. The zero-order valence-electron chi connectivity index (χ0n) is 24.6. The quantitative estimate of drug-likeness (QED) is 0.113. The van der Waals surface area contributed by atoms with Crippen LogP contribution in [0.4, 0.5) is 0 Å². The topological polar surface area (TPSA) is 127 Å². The summed E-state index contributed by atoms with van der Waals surface area (Å²) in [7, 11) is 0. The molecule has 0 spiro atoms. The SMILES string of the molecule is Cc1ccc(OCCCCOc2ccc(CCC(=O)c3ccc(C(=O)NCC(=O)NC(C=O)CC(C)C)[nH]3)cc2)cc1. The van der Waals surface area contributed by atoms with Crippen molar-refractivity contribution in [3.05, 3.63) is 83.2 Å². The van der Waals surface area contributed by atoms with Crippen LogP contribution in [0.1, 0.15) is 71.6 Å². The van der Waals surface area contributed by atoms with E-state index in [1.54, 1.807) is 6.07 Å². The van der Waals surface area contributed by atoms with Crippen molar-refractivity contribution in [2.24, 2.45) is 5.92 Å². The van der Waals surface area contributed by atoms with Crippen LogP contribution in [-0.2, 0) is 16.0 Å². The van der Waals surface area contributed by atoms with Crippen LogP contribution in [0.25, 0.3) is 0 Å². The van der Waals surface area contributed by atoms with Gasteiger partial charge in [-0.25, -0.2) is 0 Å². The van der Waals surface area contributed by atoms with Gasteiger partial charge in [0.2, 0.25) is 5.91 Å². The lowest BCUT2D eigenvalue weighted by molar-refractivity contribution is -0.123. The molecule has 0 radical (unpaired) electrons. The second-order valence-corrected chi connectivity index (χ2v) is 10.7. The molecule has 9 nitrogen and oxygen atoms in total. The second-order valence-electron chi connectivity index (χ2n) is 10.7. The van der Waals surface area contributed by atoms with Crippen LogP contribution in [0, 0.1) is 12.8 Å². The maximum atomic E-state index is 12.7. The molecule has 0 saturated heterocycles. The maximum absolute atomic E-state index is 12.7.